The summed E-state index contributed by atoms with van der Waals surface area (Å²) >= 11 is 0. The Balaban J connectivity index is 1.69. The Labute approximate surface area is 174 Å². The molecule has 0 bridgehead atoms. The highest BCUT2D eigenvalue weighted by Crippen LogP contribution is 2.34. The number of nitriles is 1. The molecule has 4 rings (SSSR count). The van der Waals surface area contributed by atoms with Crippen molar-refractivity contribution in [2.45, 2.75) is 13.5 Å². The molecule has 152 valence electrons. The predicted molar refractivity (Wildman–Crippen MR) is 112 cm³/mol. The zero-order chi connectivity index (χ0) is 20.9. The summed E-state index contributed by atoms with van der Waals surface area (Å²) in [5.41, 5.74) is 9.05. The number of aryl methyl sites for hydroxylation is 1. The standard InChI is InChI=1S/C22H22N6O2/c1-15-10-18(12-22(25-15)28-6-8-29-9-7-28)30-21-11-16(13-23)2-4-19(21)20-5-3-17(14-24)26-27-20/h2-5,10-12H,6-9,14,24H2,1H3. The van der Waals surface area contributed by atoms with Crippen LogP contribution in [0.4, 0.5) is 5.82 Å². The summed E-state index contributed by atoms with van der Waals surface area (Å²) in [6, 6.07) is 14.9. The molecule has 0 atom stereocenters. The lowest BCUT2D eigenvalue weighted by Crippen LogP contribution is -2.36. The molecule has 3 aromatic rings. The summed E-state index contributed by atoms with van der Waals surface area (Å²) in [5.74, 6) is 2.02. The van der Waals surface area contributed by atoms with Crippen molar-refractivity contribution in [3.8, 4) is 28.8 Å². The minimum Gasteiger partial charge on any atom is -0.456 e. The summed E-state index contributed by atoms with van der Waals surface area (Å²) < 4.78 is 11.7. The average Bonchev–Trinajstić information content (AvgIpc) is 2.79. The molecule has 0 radical (unpaired) electrons. The fourth-order valence-corrected chi connectivity index (χ4v) is 3.26. The Morgan fingerprint density at radius 3 is 2.67 bits per heavy atom. The van der Waals surface area contributed by atoms with Crippen molar-refractivity contribution in [1.82, 2.24) is 15.2 Å². The van der Waals surface area contributed by atoms with E-state index in [2.05, 4.69) is 26.2 Å². The van der Waals surface area contributed by atoms with E-state index in [0.29, 0.717) is 48.2 Å². The van der Waals surface area contributed by atoms with Gasteiger partial charge in [-0.05, 0) is 37.3 Å². The van der Waals surface area contributed by atoms with Crippen LogP contribution in [0.1, 0.15) is 17.0 Å². The Kier molecular flexibility index (Phi) is 5.84. The van der Waals surface area contributed by atoms with Crippen molar-refractivity contribution in [2.24, 2.45) is 5.73 Å². The first-order valence-electron chi connectivity index (χ1n) is 9.72. The SMILES string of the molecule is Cc1cc(Oc2cc(C#N)ccc2-c2ccc(CN)nn2)cc(N2CCOCC2)n1. The molecule has 1 aliphatic heterocycles. The van der Waals surface area contributed by atoms with Gasteiger partial charge in [0.25, 0.3) is 0 Å². The Hall–Kier alpha value is -3.54. The highest BCUT2D eigenvalue weighted by molar-refractivity contribution is 5.69. The third-order valence-electron chi connectivity index (χ3n) is 4.79. The van der Waals surface area contributed by atoms with Gasteiger partial charge in [0, 0.05) is 43.0 Å². The third kappa shape index (κ3) is 4.38. The van der Waals surface area contributed by atoms with Gasteiger partial charge >= 0.3 is 0 Å². The second kappa shape index (κ2) is 8.86. The minimum atomic E-state index is 0.324. The van der Waals surface area contributed by atoms with E-state index in [4.69, 9.17) is 15.2 Å². The van der Waals surface area contributed by atoms with E-state index in [1.165, 1.54) is 0 Å². The number of hydrogen-bond donors (Lipinski definition) is 1. The highest BCUT2D eigenvalue weighted by atomic mass is 16.5. The molecule has 8 heteroatoms. The summed E-state index contributed by atoms with van der Waals surface area (Å²) in [7, 11) is 0. The molecular weight excluding hydrogens is 380 g/mol. The van der Waals surface area contributed by atoms with Crippen LogP contribution in [0.2, 0.25) is 0 Å². The van der Waals surface area contributed by atoms with Crippen molar-refractivity contribution in [3.05, 3.63) is 59.4 Å². The van der Waals surface area contributed by atoms with Gasteiger partial charge in [-0.2, -0.15) is 15.5 Å². The van der Waals surface area contributed by atoms with Crippen molar-refractivity contribution in [1.29, 1.82) is 5.26 Å². The van der Waals surface area contributed by atoms with E-state index < -0.39 is 0 Å². The number of benzene rings is 1. The average molecular weight is 402 g/mol. The van der Waals surface area contributed by atoms with Crippen molar-refractivity contribution >= 4 is 5.82 Å². The van der Waals surface area contributed by atoms with Crippen LogP contribution in [-0.4, -0.2) is 41.5 Å². The molecule has 0 saturated carbocycles. The van der Waals surface area contributed by atoms with Gasteiger partial charge < -0.3 is 20.1 Å². The summed E-state index contributed by atoms with van der Waals surface area (Å²) in [6.07, 6.45) is 0. The van der Waals surface area contributed by atoms with E-state index in [0.717, 1.165) is 30.2 Å². The topological polar surface area (TPSA) is 110 Å². The van der Waals surface area contributed by atoms with Crippen molar-refractivity contribution in [3.63, 3.8) is 0 Å². The zero-order valence-corrected chi connectivity index (χ0v) is 16.7. The molecule has 0 spiro atoms. The number of nitrogens with two attached hydrogens (primary N) is 1. The maximum absolute atomic E-state index is 9.34. The lowest BCUT2D eigenvalue weighted by atomic mass is 10.1. The van der Waals surface area contributed by atoms with Crippen molar-refractivity contribution < 1.29 is 9.47 Å². The first kappa shape index (κ1) is 19.8. The molecule has 0 amide bonds. The molecule has 30 heavy (non-hydrogen) atoms. The fraction of sp³-hybridized carbons (Fsp3) is 0.273. The molecular formula is C22H22N6O2. The van der Waals surface area contributed by atoms with Gasteiger partial charge in [-0.25, -0.2) is 4.98 Å². The molecule has 1 aromatic carbocycles. The minimum absolute atomic E-state index is 0.324. The van der Waals surface area contributed by atoms with Gasteiger partial charge in [0.05, 0.1) is 36.2 Å². The largest absolute Gasteiger partial charge is 0.456 e. The number of anilines is 1. The van der Waals surface area contributed by atoms with Gasteiger partial charge in [0.2, 0.25) is 0 Å². The van der Waals surface area contributed by atoms with E-state index >= 15 is 0 Å². The third-order valence-corrected chi connectivity index (χ3v) is 4.79. The number of aromatic nitrogens is 3. The van der Waals surface area contributed by atoms with Crippen LogP contribution in [0, 0.1) is 18.3 Å². The second-order valence-electron chi connectivity index (χ2n) is 6.94. The molecule has 0 aliphatic carbocycles. The zero-order valence-electron chi connectivity index (χ0n) is 16.7. The number of nitrogens with zero attached hydrogens (tertiary/aromatic N) is 5. The van der Waals surface area contributed by atoms with Gasteiger partial charge in [0.15, 0.2) is 0 Å². The van der Waals surface area contributed by atoms with Crippen LogP contribution in [0.15, 0.2) is 42.5 Å². The Morgan fingerprint density at radius 1 is 1.13 bits per heavy atom. The normalized spacial score (nSPS) is 13.7. The van der Waals surface area contributed by atoms with E-state index in [9.17, 15) is 5.26 Å². The molecule has 3 heterocycles. The maximum Gasteiger partial charge on any atom is 0.138 e. The van der Waals surface area contributed by atoms with E-state index in [1.807, 2.05) is 37.3 Å². The van der Waals surface area contributed by atoms with Crippen LogP contribution in [0.5, 0.6) is 11.5 Å². The molecule has 2 aromatic heterocycles. The molecule has 2 N–H and O–H groups in total. The lowest BCUT2D eigenvalue weighted by Gasteiger charge is -2.28. The predicted octanol–water partition coefficient (Wildman–Crippen LogP) is 2.81. The molecule has 8 nitrogen and oxygen atoms in total. The van der Waals surface area contributed by atoms with Crippen LogP contribution >= 0.6 is 0 Å². The number of ether oxygens (including phenoxy) is 2. The van der Waals surface area contributed by atoms with Crippen LogP contribution in [-0.2, 0) is 11.3 Å². The molecule has 1 saturated heterocycles. The van der Waals surface area contributed by atoms with Crippen LogP contribution in [0.3, 0.4) is 0 Å². The highest BCUT2D eigenvalue weighted by Gasteiger charge is 2.16. The van der Waals surface area contributed by atoms with Gasteiger partial charge in [0.1, 0.15) is 17.3 Å². The van der Waals surface area contributed by atoms with Gasteiger partial charge in [-0.3, -0.25) is 0 Å². The monoisotopic (exact) mass is 402 g/mol. The number of pyridine rings is 1. The first-order valence-corrected chi connectivity index (χ1v) is 9.72. The first-order chi connectivity index (χ1) is 14.7. The lowest BCUT2D eigenvalue weighted by molar-refractivity contribution is 0.122. The van der Waals surface area contributed by atoms with Crippen LogP contribution in [0.25, 0.3) is 11.3 Å². The van der Waals surface area contributed by atoms with E-state index in [-0.39, 0.29) is 0 Å². The quantitative estimate of drug-likeness (QED) is 0.694. The molecule has 0 unspecified atom stereocenters. The molecule has 1 fully saturated rings. The number of rotatable bonds is 5. The Morgan fingerprint density at radius 2 is 1.97 bits per heavy atom. The second-order valence-corrected chi connectivity index (χ2v) is 6.94. The smallest absolute Gasteiger partial charge is 0.138 e. The van der Waals surface area contributed by atoms with Gasteiger partial charge in [-0.15, -0.1) is 0 Å². The summed E-state index contributed by atoms with van der Waals surface area (Å²) in [4.78, 5) is 6.81. The van der Waals surface area contributed by atoms with E-state index in [1.54, 1.807) is 12.1 Å². The van der Waals surface area contributed by atoms with Gasteiger partial charge in [-0.1, -0.05) is 0 Å². The summed E-state index contributed by atoms with van der Waals surface area (Å²) in [6.45, 7) is 5.18. The van der Waals surface area contributed by atoms with Crippen molar-refractivity contribution in [2.75, 3.05) is 31.2 Å². The number of hydrogen-bond acceptors (Lipinski definition) is 8. The Bertz CT molecular complexity index is 1070. The maximum atomic E-state index is 9.34. The molecule has 1 aliphatic rings. The van der Waals surface area contributed by atoms with Crippen LogP contribution < -0.4 is 15.4 Å². The summed E-state index contributed by atoms with van der Waals surface area (Å²) in [5, 5.41) is 17.7. The fourth-order valence-electron chi connectivity index (χ4n) is 3.26. The number of morpholine rings is 1.